The van der Waals surface area contributed by atoms with Gasteiger partial charge in [0, 0.05) is 30.8 Å². The molecule has 1 aliphatic rings. The molecule has 1 N–H and O–H groups in total. The van der Waals surface area contributed by atoms with E-state index in [1.54, 1.807) is 17.5 Å². The van der Waals surface area contributed by atoms with E-state index in [0.29, 0.717) is 24.5 Å². The maximum atomic E-state index is 9.69. The van der Waals surface area contributed by atoms with Crippen molar-refractivity contribution < 1.29 is 9.47 Å². The second kappa shape index (κ2) is 7.86. The Kier molecular flexibility index (Phi) is 4.91. The molecule has 1 aliphatic heterocycles. The van der Waals surface area contributed by atoms with Gasteiger partial charge in [-0.3, -0.25) is 4.98 Å². The number of benzene rings is 1. The Morgan fingerprint density at radius 2 is 2.10 bits per heavy atom. The normalized spacial score (nSPS) is 14.7. The van der Waals surface area contributed by atoms with Gasteiger partial charge in [0.1, 0.15) is 29.3 Å². The molecule has 0 unspecified atom stereocenters. The standard InChI is InChI=1S/C22H19N5O2S/c1-13-25-12-19(30-13)22-26-17-4-7-24-20(21(17)27-22)14-2-3-18(15(10-14)11-23)29-16-5-8-28-9-6-16/h2-4,7,10,12,16H,5-6,8-9H2,1H3,(H,26,27). The van der Waals surface area contributed by atoms with Gasteiger partial charge in [0.2, 0.25) is 0 Å². The number of thiazole rings is 1. The van der Waals surface area contributed by atoms with Crippen LogP contribution >= 0.6 is 11.3 Å². The van der Waals surface area contributed by atoms with Crippen molar-refractivity contribution in [1.82, 2.24) is 19.9 Å². The Bertz CT molecular complexity index is 1250. The Balaban J connectivity index is 1.51. The van der Waals surface area contributed by atoms with Crippen molar-refractivity contribution in [3.63, 3.8) is 0 Å². The summed E-state index contributed by atoms with van der Waals surface area (Å²) in [4.78, 5) is 18.0. The molecule has 0 aliphatic carbocycles. The third-order valence-electron chi connectivity index (χ3n) is 5.09. The molecule has 1 fully saturated rings. The minimum atomic E-state index is 0.0787. The summed E-state index contributed by atoms with van der Waals surface area (Å²) >= 11 is 1.59. The molecule has 5 rings (SSSR count). The zero-order valence-corrected chi connectivity index (χ0v) is 17.2. The largest absolute Gasteiger partial charge is 0.489 e. The lowest BCUT2D eigenvalue weighted by molar-refractivity contribution is 0.0254. The van der Waals surface area contributed by atoms with E-state index >= 15 is 0 Å². The number of hydrogen-bond acceptors (Lipinski definition) is 7. The minimum absolute atomic E-state index is 0.0787. The van der Waals surface area contributed by atoms with Gasteiger partial charge in [-0.15, -0.1) is 11.3 Å². The van der Waals surface area contributed by atoms with Crippen LogP contribution in [-0.4, -0.2) is 39.3 Å². The molecule has 150 valence electrons. The Hall–Kier alpha value is -3.28. The number of rotatable bonds is 4. The molecule has 0 amide bonds. The SMILES string of the molecule is Cc1ncc(-c2nc3c(-c4ccc(OC5CCOCC5)c(C#N)c4)nccc3[nH]2)s1. The van der Waals surface area contributed by atoms with Crippen LogP contribution in [0, 0.1) is 18.3 Å². The molecule has 0 atom stereocenters. The quantitative estimate of drug-likeness (QED) is 0.526. The molecular formula is C22H19N5O2S. The Morgan fingerprint density at radius 1 is 1.23 bits per heavy atom. The highest BCUT2D eigenvalue weighted by Crippen LogP contribution is 2.32. The van der Waals surface area contributed by atoms with Crippen LogP contribution in [0.5, 0.6) is 5.75 Å². The van der Waals surface area contributed by atoms with E-state index in [1.807, 2.05) is 37.4 Å². The molecule has 4 aromatic rings. The zero-order chi connectivity index (χ0) is 20.5. The molecule has 0 bridgehead atoms. The molecule has 7 nitrogen and oxygen atoms in total. The fourth-order valence-electron chi connectivity index (χ4n) is 3.57. The number of imidazole rings is 1. The number of fused-ring (bicyclic) bond motifs is 1. The van der Waals surface area contributed by atoms with Crippen molar-refractivity contribution in [3.05, 3.63) is 47.2 Å². The van der Waals surface area contributed by atoms with Crippen LogP contribution in [0.1, 0.15) is 23.4 Å². The molecule has 30 heavy (non-hydrogen) atoms. The molecular weight excluding hydrogens is 398 g/mol. The monoisotopic (exact) mass is 417 g/mol. The third-order valence-corrected chi connectivity index (χ3v) is 6.01. The number of ether oxygens (including phenoxy) is 2. The number of nitrogens with one attached hydrogen (secondary N) is 1. The molecule has 1 aromatic carbocycles. The van der Waals surface area contributed by atoms with E-state index in [1.165, 1.54) is 0 Å². The fourth-order valence-corrected chi connectivity index (χ4v) is 4.30. The van der Waals surface area contributed by atoms with Gasteiger partial charge in [-0.25, -0.2) is 9.97 Å². The van der Waals surface area contributed by atoms with E-state index in [9.17, 15) is 5.26 Å². The first kappa shape index (κ1) is 18.7. The summed E-state index contributed by atoms with van der Waals surface area (Å²) in [5.41, 5.74) is 3.70. The van der Waals surface area contributed by atoms with Gasteiger partial charge >= 0.3 is 0 Å². The van der Waals surface area contributed by atoms with Crippen molar-refractivity contribution >= 4 is 22.4 Å². The van der Waals surface area contributed by atoms with Crippen LogP contribution < -0.4 is 4.74 Å². The van der Waals surface area contributed by atoms with E-state index in [4.69, 9.17) is 14.5 Å². The van der Waals surface area contributed by atoms with E-state index < -0.39 is 0 Å². The van der Waals surface area contributed by atoms with Gasteiger partial charge in [0.05, 0.1) is 39.9 Å². The van der Waals surface area contributed by atoms with Crippen LogP contribution in [0.15, 0.2) is 36.7 Å². The Morgan fingerprint density at radius 3 is 2.87 bits per heavy atom. The second-order valence-corrected chi connectivity index (χ2v) is 8.37. The third kappa shape index (κ3) is 3.54. The van der Waals surface area contributed by atoms with Crippen LogP contribution in [-0.2, 0) is 4.74 Å². The van der Waals surface area contributed by atoms with Crippen molar-refractivity contribution in [3.8, 4) is 33.8 Å². The molecule has 0 spiro atoms. The van der Waals surface area contributed by atoms with Gasteiger partial charge < -0.3 is 14.5 Å². The number of aryl methyl sites for hydroxylation is 1. The lowest BCUT2D eigenvalue weighted by atomic mass is 10.1. The summed E-state index contributed by atoms with van der Waals surface area (Å²) in [6, 6.07) is 9.76. The van der Waals surface area contributed by atoms with Crippen molar-refractivity contribution in [2.45, 2.75) is 25.9 Å². The van der Waals surface area contributed by atoms with Crippen LogP contribution in [0.2, 0.25) is 0 Å². The van der Waals surface area contributed by atoms with Crippen LogP contribution in [0.3, 0.4) is 0 Å². The average Bonchev–Trinajstić information content (AvgIpc) is 3.40. The molecule has 8 heteroatoms. The summed E-state index contributed by atoms with van der Waals surface area (Å²) in [6.45, 7) is 3.35. The molecule has 3 aromatic heterocycles. The number of nitriles is 1. The molecule has 0 radical (unpaired) electrons. The first-order valence-corrected chi connectivity index (χ1v) is 10.6. The first-order chi connectivity index (χ1) is 14.7. The lowest BCUT2D eigenvalue weighted by Gasteiger charge is -2.23. The van der Waals surface area contributed by atoms with E-state index in [-0.39, 0.29) is 6.10 Å². The summed E-state index contributed by atoms with van der Waals surface area (Å²) < 4.78 is 11.5. The van der Waals surface area contributed by atoms with Crippen molar-refractivity contribution in [2.75, 3.05) is 13.2 Å². The molecule has 1 saturated heterocycles. The number of hydrogen-bond donors (Lipinski definition) is 1. The highest BCUT2D eigenvalue weighted by Gasteiger charge is 2.19. The first-order valence-electron chi connectivity index (χ1n) is 9.78. The summed E-state index contributed by atoms with van der Waals surface area (Å²) in [5, 5.41) is 10.7. The maximum absolute atomic E-state index is 9.69. The second-order valence-electron chi connectivity index (χ2n) is 7.14. The predicted molar refractivity (Wildman–Crippen MR) is 114 cm³/mol. The van der Waals surface area contributed by atoms with Gasteiger partial charge in [0.25, 0.3) is 0 Å². The van der Waals surface area contributed by atoms with Crippen LogP contribution in [0.25, 0.3) is 33.0 Å². The van der Waals surface area contributed by atoms with Gasteiger partial charge in [-0.05, 0) is 31.2 Å². The summed E-state index contributed by atoms with van der Waals surface area (Å²) in [5.74, 6) is 1.37. The zero-order valence-electron chi connectivity index (χ0n) is 16.4. The number of aromatic nitrogens is 4. The molecule has 4 heterocycles. The number of aromatic amines is 1. The lowest BCUT2D eigenvalue weighted by Crippen LogP contribution is -2.26. The van der Waals surface area contributed by atoms with Crippen molar-refractivity contribution in [2.24, 2.45) is 0 Å². The Labute approximate surface area is 177 Å². The molecule has 0 saturated carbocycles. The topological polar surface area (TPSA) is 96.7 Å². The van der Waals surface area contributed by atoms with Crippen LogP contribution in [0.4, 0.5) is 0 Å². The van der Waals surface area contributed by atoms with Gasteiger partial charge in [-0.1, -0.05) is 0 Å². The summed E-state index contributed by atoms with van der Waals surface area (Å²) in [6.07, 6.45) is 5.31. The highest BCUT2D eigenvalue weighted by molar-refractivity contribution is 7.14. The van der Waals surface area contributed by atoms with E-state index in [0.717, 1.165) is 50.8 Å². The average molecular weight is 417 g/mol. The summed E-state index contributed by atoms with van der Waals surface area (Å²) in [7, 11) is 0. The van der Waals surface area contributed by atoms with Gasteiger partial charge in [-0.2, -0.15) is 5.26 Å². The predicted octanol–water partition coefficient (Wildman–Crippen LogP) is 4.49. The number of pyridine rings is 1. The van der Waals surface area contributed by atoms with Crippen molar-refractivity contribution in [1.29, 1.82) is 5.26 Å². The number of nitrogens with zero attached hydrogens (tertiary/aromatic N) is 4. The minimum Gasteiger partial charge on any atom is -0.489 e. The fraction of sp³-hybridized carbons (Fsp3) is 0.273. The maximum Gasteiger partial charge on any atom is 0.150 e. The highest BCUT2D eigenvalue weighted by atomic mass is 32.1. The van der Waals surface area contributed by atoms with E-state index in [2.05, 4.69) is 21.0 Å². The number of H-pyrrole nitrogens is 1. The smallest absolute Gasteiger partial charge is 0.150 e. The van der Waals surface area contributed by atoms with Gasteiger partial charge in [0.15, 0.2) is 0 Å².